The van der Waals surface area contributed by atoms with Gasteiger partial charge in [-0.15, -0.1) is 0 Å². The molecule has 1 aliphatic heterocycles. The minimum absolute atomic E-state index is 0.0269. The molecule has 1 fully saturated rings. The molecule has 1 amide bonds. The van der Waals surface area contributed by atoms with Crippen molar-refractivity contribution in [3.05, 3.63) is 54.0 Å². The highest BCUT2D eigenvalue weighted by molar-refractivity contribution is 5.99. The summed E-state index contributed by atoms with van der Waals surface area (Å²) in [5.41, 5.74) is 4.85. The zero-order valence-corrected chi connectivity index (χ0v) is 13.6. The van der Waals surface area contributed by atoms with Gasteiger partial charge in [-0.3, -0.25) is 9.78 Å². The fourth-order valence-electron chi connectivity index (χ4n) is 3.18. The Labute approximate surface area is 140 Å². The van der Waals surface area contributed by atoms with E-state index < -0.39 is 0 Å². The number of morpholine rings is 1. The smallest absolute Gasteiger partial charge is 0.270 e. The number of amides is 1. The second-order valence-corrected chi connectivity index (χ2v) is 6.04. The Morgan fingerprint density at radius 2 is 2.08 bits per heavy atom. The molecule has 0 radical (unpaired) electrons. The fourth-order valence-corrected chi connectivity index (χ4v) is 3.18. The maximum Gasteiger partial charge on any atom is 0.270 e. The summed E-state index contributed by atoms with van der Waals surface area (Å²) in [6.45, 7) is 4.56. The lowest BCUT2D eigenvalue weighted by Gasteiger charge is -2.26. The van der Waals surface area contributed by atoms with Crippen molar-refractivity contribution in [1.82, 2.24) is 14.9 Å². The number of hydrogen-bond donors (Lipinski definition) is 1. The SMILES string of the molecule is Cc1ccc(-c2c[nH]c(C(=O)N3CCOCC3)c2)c2cccnc12. The first kappa shape index (κ1) is 14.9. The number of carbonyl (C=O) groups is 1. The van der Waals surface area contributed by atoms with Crippen molar-refractivity contribution in [1.29, 1.82) is 0 Å². The number of hydrogen-bond acceptors (Lipinski definition) is 3. The number of carbonyl (C=O) groups excluding carboxylic acids is 1. The number of ether oxygens (including phenoxy) is 1. The number of nitrogens with zero attached hydrogens (tertiary/aromatic N) is 2. The molecule has 1 saturated heterocycles. The summed E-state index contributed by atoms with van der Waals surface area (Å²) in [4.78, 5) is 22.0. The van der Waals surface area contributed by atoms with E-state index in [0.717, 1.165) is 27.6 Å². The Balaban J connectivity index is 1.70. The molecule has 2 aromatic heterocycles. The quantitative estimate of drug-likeness (QED) is 0.789. The molecule has 1 N–H and O–H groups in total. The number of fused-ring (bicyclic) bond motifs is 1. The third-order valence-electron chi connectivity index (χ3n) is 4.49. The Kier molecular flexibility index (Phi) is 3.78. The molecule has 0 saturated carbocycles. The van der Waals surface area contributed by atoms with Crippen LogP contribution in [0.15, 0.2) is 42.7 Å². The summed E-state index contributed by atoms with van der Waals surface area (Å²) < 4.78 is 5.31. The van der Waals surface area contributed by atoms with E-state index >= 15 is 0 Å². The van der Waals surface area contributed by atoms with Gasteiger partial charge in [0.25, 0.3) is 5.91 Å². The molecular weight excluding hydrogens is 302 g/mol. The van der Waals surface area contributed by atoms with Crippen molar-refractivity contribution < 1.29 is 9.53 Å². The van der Waals surface area contributed by atoms with Crippen LogP contribution in [0.4, 0.5) is 0 Å². The number of aromatic nitrogens is 2. The lowest BCUT2D eigenvalue weighted by atomic mass is 10.00. The Bertz CT molecular complexity index is 895. The summed E-state index contributed by atoms with van der Waals surface area (Å²) in [5, 5.41) is 1.10. The Hall–Kier alpha value is -2.66. The van der Waals surface area contributed by atoms with E-state index in [9.17, 15) is 4.79 Å². The molecule has 0 bridgehead atoms. The van der Waals surface area contributed by atoms with Crippen LogP contribution in [0.25, 0.3) is 22.0 Å². The molecule has 0 spiro atoms. The zero-order valence-electron chi connectivity index (χ0n) is 13.6. The van der Waals surface area contributed by atoms with Gasteiger partial charge in [0.1, 0.15) is 5.69 Å². The molecule has 5 nitrogen and oxygen atoms in total. The van der Waals surface area contributed by atoms with Gasteiger partial charge in [-0.2, -0.15) is 0 Å². The monoisotopic (exact) mass is 321 g/mol. The van der Waals surface area contributed by atoms with Gasteiger partial charge in [-0.05, 0) is 30.2 Å². The van der Waals surface area contributed by atoms with Crippen LogP contribution >= 0.6 is 0 Å². The van der Waals surface area contributed by atoms with Crippen LogP contribution in [0.1, 0.15) is 16.1 Å². The first-order valence-electron chi connectivity index (χ1n) is 8.14. The van der Waals surface area contributed by atoms with Crippen LogP contribution in [-0.4, -0.2) is 47.1 Å². The third-order valence-corrected chi connectivity index (χ3v) is 4.49. The van der Waals surface area contributed by atoms with Crippen molar-refractivity contribution in [2.75, 3.05) is 26.3 Å². The standard InChI is InChI=1S/C19H19N3O2/c1-13-4-5-15(16-3-2-6-20-18(13)16)14-11-17(21-12-14)19(23)22-7-9-24-10-8-22/h2-6,11-12,21H,7-10H2,1H3. The van der Waals surface area contributed by atoms with Crippen LogP contribution in [0.3, 0.4) is 0 Å². The normalized spacial score (nSPS) is 15.0. The number of aromatic amines is 1. The predicted molar refractivity (Wildman–Crippen MR) is 93.0 cm³/mol. The molecule has 122 valence electrons. The average molecular weight is 321 g/mol. The number of benzene rings is 1. The highest BCUT2D eigenvalue weighted by Gasteiger charge is 2.20. The van der Waals surface area contributed by atoms with E-state index in [-0.39, 0.29) is 5.91 Å². The fraction of sp³-hybridized carbons (Fsp3) is 0.263. The zero-order chi connectivity index (χ0) is 16.5. The van der Waals surface area contributed by atoms with Gasteiger partial charge in [0.2, 0.25) is 0 Å². The minimum atomic E-state index is 0.0269. The highest BCUT2D eigenvalue weighted by Crippen LogP contribution is 2.30. The van der Waals surface area contributed by atoms with E-state index in [1.54, 1.807) is 0 Å². The molecule has 4 rings (SSSR count). The molecule has 3 heterocycles. The number of nitrogens with one attached hydrogen (secondary N) is 1. The average Bonchev–Trinajstić information content (AvgIpc) is 3.12. The van der Waals surface area contributed by atoms with E-state index in [1.165, 1.54) is 0 Å². The number of rotatable bonds is 2. The van der Waals surface area contributed by atoms with Crippen molar-refractivity contribution >= 4 is 16.8 Å². The third kappa shape index (κ3) is 2.57. The van der Waals surface area contributed by atoms with Gasteiger partial charge in [-0.1, -0.05) is 18.2 Å². The maximum absolute atomic E-state index is 12.6. The number of aryl methyl sites for hydroxylation is 1. The van der Waals surface area contributed by atoms with E-state index in [2.05, 4.69) is 35.1 Å². The van der Waals surface area contributed by atoms with Gasteiger partial charge in [0.15, 0.2) is 0 Å². The summed E-state index contributed by atoms with van der Waals surface area (Å²) in [6.07, 6.45) is 3.70. The van der Waals surface area contributed by atoms with Crippen LogP contribution < -0.4 is 0 Å². The van der Waals surface area contributed by atoms with Crippen molar-refractivity contribution in [2.45, 2.75) is 6.92 Å². The largest absolute Gasteiger partial charge is 0.378 e. The second kappa shape index (κ2) is 6.09. The minimum Gasteiger partial charge on any atom is -0.378 e. The van der Waals surface area contributed by atoms with Crippen molar-refractivity contribution in [2.24, 2.45) is 0 Å². The van der Waals surface area contributed by atoms with Crippen LogP contribution in [-0.2, 0) is 4.74 Å². The molecule has 1 aromatic carbocycles. The van der Waals surface area contributed by atoms with Gasteiger partial charge < -0.3 is 14.6 Å². The summed E-state index contributed by atoms with van der Waals surface area (Å²) in [5.74, 6) is 0.0269. The second-order valence-electron chi connectivity index (χ2n) is 6.04. The molecule has 5 heteroatoms. The van der Waals surface area contributed by atoms with Gasteiger partial charge in [0.05, 0.1) is 18.7 Å². The molecular formula is C19H19N3O2. The first-order valence-corrected chi connectivity index (χ1v) is 8.14. The van der Waals surface area contributed by atoms with Crippen LogP contribution in [0.5, 0.6) is 0 Å². The van der Waals surface area contributed by atoms with Gasteiger partial charge in [0, 0.05) is 36.4 Å². The lowest BCUT2D eigenvalue weighted by molar-refractivity contribution is 0.0299. The molecule has 0 aliphatic carbocycles. The van der Waals surface area contributed by atoms with Crippen molar-refractivity contribution in [3.63, 3.8) is 0 Å². The van der Waals surface area contributed by atoms with E-state index in [0.29, 0.717) is 32.0 Å². The highest BCUT2D eigenvalue weighted by atomic mass is 16.5. The Morgan fingerprint density at radius 3 is 2.92 bits per heavy atom. The van der Waals surface area contributed by atoms with Crippen molar-refractivity contribution in [3.8, 4) is 11.1 Å². The Morgan fingerprint density at radius 1 is 1.25 bits per heavy atom. The maximum atomic E-state index is 12.6. The summed E-state index contributed by atoms with van der Waals surface area (Å²) in [6, 6.07) is 10.1. The van der Waals surface area contributed by atoms with Gasteiger partial charge in [-0.25, -0.2) is 0 Å². The molecule has 3 aromatic rings. The summed E-state index contributed by atoms with van der Waals surface area (Å²) >= 11 is 0. The first-order chi connectivity index (χ1) is 11.7. The van der Waals surface area contributed by atoms with E-state index in [1.807, 2.05) is 29.4 Å². The molecule has 0 unspecified atom stereocenters. The summed E-state index contributed by atoms with van der Waals surface area (Å²) in [7, 11) is 0. The van der Waals surface area contributed by atoms with E-state index in [4.69, 9.17) is 4.74 Å². The lowest BCUT2D eigenvalue weighted by Crippen LogP contribution is -2.40. The molecule has 0 atom stereocenters. The number of pyridine rings is 1. The molecule has 24 heavy (non-hydrogen) atoms. The van der Waals surface area contributed by atoms with Gasteiger partial charge >= 0.3 is 0 Å². The van der Waals surface area contributed by atoms with Crippen LogP contribution in [0.2, 0.25) is 0 Å². The molecule has 1 aliphatic rings. The topological polar surface area (TPSA) is 58.2 Å². The van der Waals surface area contributed by atoms with Crippen LogP contribution in [0, 0.1) is 6.92 Å². The number of H-pyrrole nitrogens is 1. The predicted octanol–water partition coefficient (Wildman–Crippen LogP) is 3.01.